The Hall–Kier alpha value is -2.15. The number of rotatable bonds is 5. The van der Waals surface area contributed by atoms with Gasteiger partial charge in [-0.05, 0) is 24.8 Å². The number of hydrogen-bond acceptors (Lipinski definition) is 6. The zero-order valence-corrected chi connectivity index (χ0v) is 12.7. The van der Waals surface area contributed by atoms with Gasteiger partial charge in [-0.3, -0.25) is 9.38 Å². The molecule has 7 heteroatoms. The van der Waals surface area contributed by atoms with E-state index in [1.54, 1.807) is 24.2 Å². The van der Waals surface area contributed by atoms with Gasteiger partial charge in [-0.25, -0.2) is 4.98 Å². The molecule has 0 aromatic carbocycles. The van der Waals surface area contributed by atoms with Crippen LogP contribution in [0.4, 0.5) is 5.82 Å². The van der Waals surface area contributed by atoms with E-state index in [2.05, 4.69) is 32.4 Å². The maximum atomic E-state index is 4.52. The van der Waals surface area contributed by atoms with Crippen molar-refractivity contribution >= 4 is 23.2 Å². The molecule has 0 saturated heterocycles. The summed E-state index contributed by atoms with van der Waals surface area (Å²) < 4.78 is 1.97. The Balaban J connectivity index is 1.82. The molecule has 0 aliphatic carbocycles. The van der Waals surface area contributed by atoms with Gasteiger partial charge in [0.15, 0.2) is 11.5 Å². The standard InChI is InChI=1S/C14H16N6S/c1-3-21-13-9-15-8-11(17-13)16-10(2)14-19-18-12-6-4-5-7-20(12)14/h4-10H,3H2,1-2H3,(H,16,17)/t10-/m1/s1. The summed E-state index contributed by atoms with van der Waals surface area (Å²) in [6.07, 6.45) is 5.45. The van der Waals surface area contributed by atoms with Gasteiger partial charge in [0.1, 0.15) is 10.8 Å². The molecule has 0 aliphatic rings. The van der Waals surface area contributed by atoms with Crippen molar-refractivity contribution < 1.29 is 0 Å². The minimum absolute atomic E-state index is 0.0152. The maximum absolute atomic E-state index is 4.52. The molecule has 6 nitrogen and oxygen atoms in total. The molecule has 0 spiro atoms. The number of pyridine rings is 1. The van der Waals surface area contributed by atoms with Crippen molar-refractivity contribution in [3.63, 3.8) is 0 Å². The van der Waals surface area contributed by atoms with Gasteiger partial charge in [-0.1, -0.05) is 13.0 Å². The summed E-state index contributed by atoms with van der Waals surface area (Å²) >= 11 is 1.67. The Kier molecular flexibility index (Phi) is 4.01. The van der Waals surface area contributed by atoms with Crippen LogP contribution in [0.3, 0.4) is 0 Å². The number of nitrogens with zero attached hydrogens (tertiary/aromatic N) is 5. The van der Waals surface area contributed by atoms with Crippen molar-refractivity contribution in [1.82, 2.24) is 24.6 Å². The maximum Gasteiger partial charge on any atom is 0.160 e. The summed E-state index contributed by atoms with van der Waals surface area (Å²) in [6.45, 7) is 4.13. The molecular weight excluding hydrogens is 284 g/mol. The van der Waals surface area contributed by atoms with Crippen LogP contribution in [0.1, 0.15) is 25.7 Å². The molecule has 0 bridgehead atoms. The fourth-order valence-electron chi connectivity index (χ4n) is 2.08. The highest BCUT2D eigenvalue weighted by Gasteiger charge is 2.13. The first-order valence-electron chi connectivity index (χ1n) is 6.79. The topological polar surface area (TPSA) is 68.0 Å². The molecule has 0 radical (unpaired) electrons. The fourth-order valence-corrected chi connectivity index (χ4v) is 2.67. The molecular formula is C14H16N6S. The quantitative estimate of drug-likeness (QED) is 0.731. The minimum Gasteiger partial charge on any atom is -0.359 e. The van der Waals surface area contributed by atoms with Gasteiger partial charge < -0.3 is 5.32 Å². The van der Waals surface area contributed by atoms with Gasteiger partial charge in [-0.2, -0.15) is 0 Å². The van der Waals surface area contributed by atoms with Crippen LogP contribution in [-0.4, -0.2) is 30.3 Å². The smallest absolute Gasteiger partial charge is 0.160 e. The molecule has 108 valence electrons. The lowest BCUT2D eigenvalue weighted by atomic mass is 10.3. The summed E-state index contributed by atoms with van der Waals surface area (Å²) in [5.41, 5.74) is 0.836. The molecule has 21 heavy (non-hydrogen) atoms. The molecule has 0 unspecified atom stereocenters. The average molecular weight is 300 g/mol. The number of thioether (sulfide) groups is 1. The molecule has 0 amide bonds. The first-order valence-corrected chi connectivity index (χ1v) is 7.77. The number of anilines is 1. The number of fused-ring (bicyclic) bond motifs is 1. The van der Waals surface area contributed by atoms with Crippen molar-refractivity contribution in [2.75, 3.05) is 11.1 Å². The molecule has 1 atom stereocenters. The summed E-state index contributed by atoms with van der Waals surface area (Å²) in [5, 5.41) is 12.7. The van der Waals surface area contributed by atoms with Crippen LogP contribution in [0.5, 0.6) is 0 Å². The molecule has 3 aromatic rings. The van der Waals surface area contributed by atoms with E-state index >= 15 is 0 Å². The predicted octanol–water partition coefficient (Wildman–Crippen LogP) is 2.80. The molecule has 1 N–H and O–H groups in total. The van der Waals surface area contributed by atoms with Gasteiger partial charge in [0.2, 0.25) is 0 Å². The third-order valence-corrected chi connectivity index (χ3v) is 3.78. The number of hydrogen-bond donors (Lipinski definition) is 1. The highest BCUT2D eigenvalue weighted by atomic mass is 32.2. The first-order chi connectivity index (χ1) is 10.3. The Morgan fingerprint density at radius 1 is 1.29 bits per heavy atom. The first kappa shape index (κ1) is 13.8. The van der Waals surface area contributed by atoms with Crippen molar-refractivity contribution in [1.29, 1.82) is 0 Å². The van der Waals surface area contributed by atoms with E-state index in [1.165, 1.54) is 0 Å². The summed E-state index contributed by atoms with van der Waals surface area (Å²) in [6, 6.07) is 5.83. The Morgan fingerprint density at radius 2 is 2.19 bits per heavy atom. The van der Waals surface area contributed by atoms with E-state index in [4.69, 9.17) is 0 Å². The lowest BCUT2D eigenvalue weighted by molar-refractivity contribution is 0.764. The van der Waals surface area contributed by atoms with Crippen LogP contribution < -0.4 is 5.32 Å². The van der Waals surface area contributed by atoms with Gasteiger partial charge in [-0.15, -0.1) is 22.0 Å². The fraction of sp³-hybridized carbons (Fsp3) is 0.286. The second-order valence-electron chi connectivity index (χ2n) is 4.53. The molecule has 3 heterocycles. The largest absolute Gasteiger partial charge is 0.359 e. The number of aromatic nitrogens is 5. The average Bonchev–Trinajstić information content (AvgIpc) is 2.92. The van der Waals surface area contributed by atoms with Crippen LogP contribution in [0, 0.1) is 0 Å². The van der Waals surface area contributed by atoms with Gasteiger partial charge in [0.05, 0.1) is 18.4 Å². The van der Waals surface area contributed by atoms with E-state index in [0.29, 0.717) is 0 Å². The third kappa shape index (κ3) is 2.97. The van der Waals surface area contributed by atoms with Crippen molar-refractivity contribution in [3.8, 4) is 0 Å². The van der Waals surface area contributed by atoms with E-state index < -0.39 is 0 Å². The van der Waals surface area contributed by atoms with Gasteiger partial charge >= 0.3 is 0 Å². The van der Waals surface area contributed by atoms with Gasteiger partial charge in [0, 0.05) is 6.20 Å². The molecule has 0 aliphatic heterocycles. The SMILES string of the molecule is CCSc1cncc(N[C@H](C)c2nnc3ccccn23)n1. The Labute approximate surface area is 127 Å². The normalized spacial score (nSPS) is 12.5. The van der Waals surface area contributed by atoms with Crippen LogP contribution in [0.15, 0.2) is 41.8 Å². The molecule has 3 aromatic heterocycles. The third-order valence-electron chi connectivity index (χ3n) is 3.00. The highest BCUT2D eigenvalue weighted by molar-refractivity contribution is 7.99. The minimum atomic E-state index is -0.0152. The van der Waals surface area contributed by atoms with Crippen LogP contribution in [0.2, 0.25) is 0 Å². The van der Waals surface area contributed by atoms with Gasteiger partial charge in [0.25, 0.3) is 0 Å². The lowest BCUT2D eigenvalue weighted by Crippen LogP contribution is -2.12. The van der Waals surface area contributed by atoms with Crippen molar-refractivity contribution in [2.45, 2.75) is 24.9 Å². The van der Waals surface area contributed by atoms with E-state index in [0.717, 1.165) is 28.1 Å². The second kappa shape index (κ2) is 6.09. The Bertz CT molecular complexity index is 741. The van der Waals surface area contributed by atoms with Crippen molar-refractivity contribution in [3.05, 3.63) is 42.6 Å². The molecule has 0 fully saturated rings. The van der Waals surface area contributed by atoms with Crippen LogP contribution >= 0.6 is 11.8 Å². The monoisotopic (exact) mass is 300 g/mol. The van der Waals surface area contributed by atoms with E-state index in [9.17, 15) is 0 Å². The summed E-state index contributed by atoms with van der Waals surface area (Å²) in [4.78, 5) is 8.74. The predicted molar refractivity (Wildman–Crippen MR) is 83.5 cm³/mol. The molecule has 3 rings (SSSR count). The van der Waals surface area contributed by atoms with Crippen LogP contribution in [-0.2, 0) is 0 Å². The zero-order valence-electron chi connectivity index (χ0n) is 11.9. The number of nitrogens with one attached hydrogen (secondary N) is 1. The van der Waals surface area contributed by atoms with Crippen LogP contribution in [0.25, 0.3) is 5.65 Å². The Morgan fingerprint density at radius 3 is 3.05 bits per heavy atom. The highest BCUT2D eigenvalue weighted by Crippen LogP contribution is 2.19. The summed E-state index contributed by atoms with van der Waals surface area (Å²) in [7, 11) is 0. The zero-order chi connectivity index (χ0) is 14.7. The van der Waals surface area contributed by atoms with Crippen molar-refractivity contribution in [2.24, 2.45) is 0 Å². The van der Waals surface area contributed by atoms with E-state index in [1.807, 2.05) is 35.7 Å². The van der Waals surface area contributed by atoms with E-state index in [-0.39, 0.29) is 6.04 Å². The second-order valence-corrected chi connectivity index (χ2v) is 5.81. The lowest BCUT2D eigenvalue weighted by Gasteiger charge is -2.13. The molecule has 0 saturated carbocycles. The summed E-state index contributed by atoms with van der Waals surface area (Å²) in [5.74, 6) is 2.57.